The van der Waals surface area contributed by atoms with Crippen molar-refractivity contribution in [3.8, 4) is 0 Å². The molecule has 0 saturated carbocycles. The summed E-state index contributed by atoms with van der Waals surface area (Å²) >= 11 is 0. The molecule has 4 nitrogen and oxygen atoms in total. The SMILES string of the molecule is Cl.O=C(O)/C=C/C=C\c1cccc(Nc2c3ccccc3nc3ccccc23)c1. The number of hydrogen-bond donors (Lipinski definition) is 2. The van der Waals surface area contributed by atoms with Crippen LogP contribution in [0, 0.1) is 0 Å². The maximum absolute atomic E-state index is 10.5. The van der Waals surface area contributed by atoms with Gasteiger partial charge in [0.15, 0.2) is 0 Å². The topological polar surface area (TPSA) is 62.2 Å². The molecule has 2 N–H and O–H groups in total. The molecule has 5 heteroatoms. The smallest absolute Gasteiger partial charge is 0.328 e. The van der Waals surface area contributed by atoms with Gasteiger partial charge in [-0.05, 0) is 29.8 Å². The molecule has 0 aliphatic heterocycles. The van der Waals surface area contributed by atoms with Gasteiger partial charge >= 0.3 is 5.97 Å². The number of allylic oxidation sites excluding steroid dienone is 2. The monoisotopic (exact) mass is 402 g/mol. The Kier molecular flexibility index (Phi) is 6.27. The minimum atomic E-state index is -0.962. The number of rotatable bonds is 5. The zero-order valence-corrected chi connectivity index (χ0v) is 16.3. The van der Waals surface area contributed by atoms with E-state index in [4.69, 9.17) is 10.1 Å². The first kappa shape index (κ1) is 20.1. The van der Waals surface area contributed by atoms with Crippen LogP contribution < -0.4 is 5.32 Å². The first-order chi connectivity index (χ1) is 13.7. The lowest BCUT2D eigenvalue weighted by Crippen LogP contribution is -1.95. The Bertz CT molecular complexity index is 1180. The molecule has 0 unspecified atom stereocenters. The van der Waals surface area contributed by atoms with Crippen molar-refractivity contribution in [2.45, 2.75) is 0 Å². The third-order valence-electron chi connectivity index (χ3n) is 4.38. The number of carbonyl (C=O) groups is 1. The number of para-hydroxylation sites is 2. The maximum atomic E-state index is 10.5. The highest BCUT2D eigenvalue weighted by atomic mass is 35.5. The molecule has 0 aliphatic carbocycles. The molecule has 0 atom stereocenters. The number of carboxylic acids is 1. The van der Waals surface area contributed by atoms with Gasteiger partial charge in [0.05, 0.1) is 16.7 Å². The summed E-state index contributed by atoms with van der Waals surface area (Å²) in [7, 11) is 0. The van der Waals surface area contributed by atoms with Crippen molar-refractivity contribution in [1.82, 2.24) is 4.98 Å². The van der Waals surface area contributed by atoms with E-state index >= 15 is 0 Å². The van der Waals surface area contributed by atoms with Crippen LogP contribution in [0.15, 0.2) is 91.0 Å². The van der Waals surface area contributed by atoms with Gasteiger partial charge in [-0.15, -0.1) is 12.4 Å². The van der Waals surface area contributed by atoms with E-state index in [1.165, 1.54) is 6.08 Å². The third kappa shape index (κ3) is 4.62. The van der Waals surface area contributed by atoms with Gasteiger partial charge in [0.1, 0.15) is 0 Å². The summed E-state index contributed by atoms with van der Waals surface area (Å²) in [4.78, 5) is 15.3. The van der Waals surface area contributed by atoms with Gasteiger partial charge in [0, 0.05) is 22.5 Å². The number of pyridine rings is 1. The summed E-state index contributed by atoms with van der Waals surface area (Å²) in [6.07, 6.45) is 6.19. The minimum absolute atomic E-state index is 0. The molecule has 0 spiro atoms. The molecule has 29 heavy (non-hydrogen) atoms. The number of carboxylic acid groups (broad SMARTS) is 1. The number of halogens is 1. The number of hydrogen-bond acceptors (Lipinski definition) is 3. The summed E-state index contributed by atoms with van der Waals surface area (Å²) in [6.45, 7) is 0. The summed E-state index contributed by atoms with van der Waals surface area (Å²) in [5.41, 5.74) is 4.83. The second-order valence-electron chi connectivity index (χ2n) is 6.33. The fourth-order valence-electron chi connectivity index (χ4n) is 3.14. The van der Waals surface area contributed by atoms with E-state index in [0.29, 0.717) is 0 Å². The van der Waals surface area contributed by atoms with Crippen molar-refractivity contribution in [3.05, 3.63) is 96.6 Å². The van der Waals surface area contributed by atoms with Crippen molar-refractivity contribution < 1.29 is 9.90 Å². The Hall–Kier alpha value is -3.63. The van der Waals surface area contributed by atoms with Crippen molar-refractivity contribution in [2.24, 2.45) is 0 Å². The lowest BCUT2D eigenvalue weighted by molar-refractivity contribution is -0.131. The van der Waals surface area contributed by atoms with Crippen LogP contribution in [-0.4, -0.2) is 16.1 Å². The van der Waals surface area contributed by atoms with Gasteiger partial charge in [-0.1, -0.05) is 66.8 Å². The molecule has 1 aromatic heterocycles. The molecule has 0 amide bonds. The Morgan fingerprint density at radius 1 is 0.862 bits per heavy atom. The molecule has 3 aromatic carbocycles. The van der Waals surface area contributed by atoms with Gasteiger partial charge in [0.2, 0.25) is 0 Å². The highest BCUT2D eigenvalue weighted by molar-refractivity contribution is 6.08. The lowest BCUT2D eigenvalue weighted by Gasteiger charge is -2.13. The lowest BCUT2D eigenvalue weighted by atomic mass is 10.1. The molecular formula is C24H19ClN2O2. The highest BCUT2D eigenvalue weighted by Crippen LogP contribution is 2.33. The Morgan fingerprint density at radius 3 is 2.17 bits per heavy atom. The van der Waals surface area contributed by atoms with Crippen molar-refractivity contribution in [2.75, 3.05) is 5.32 Å². The van der Waals surface area contributed by atoms with Crippen molar-refractivity contribution >= 4 is 57.6 Å². The molecule has 4 aromatic rings. The highest BCUT2D eigenvalue weighted by Gasteiger charge is 2.08. The number of anilines is 2. The fraction of sp³-hybridized carbons (Fsp3) is 0. The van der Waals surface area contributed by atoms with E-state index in [1.54, 1.807) is 6.08 Å². The molecule has 144 valence electrons. The number of aliphatic carboxylic acids is 1. The van der Waals surface area contributed by atoms with Gasteiger partial charge in [-0.3, -0.25) is 0 Å². The summed E-state index contributed by atoms with van der Waals surface area (Å²) < 4.78 is 0. The molecule has 0 aliphatic rings. The predicted molar refractivity (Wildman–Crippen MR) is 122 cm³/mol. The van der Waals surface area contributed by atoms with Gasteiger partial charge in [-0.25, -0.2) is 9.78 Å². The second-order valence-corrected chi connectivity index (χ2v) is 6.33. The maximum Gasteiger partial charge on any atom is 0.328 e. The van der Waals surface area contributed by atoms with Crippen molar-refractivity contribution in [3.63, 3.8) is 0 Å². The minimum Gasteiger partial charge on any atom is -0.478 e. The van der Waals surface area contributed by atoms with Crippen LogP contribution >= 0.6 is 12.4 Å². The molecule has 0 bridgehead atoms. The quantitative estimate of drug-likeness (QED) is 0.237. The van der Waals surface area contributed by atoms with E-state index in [1.807, 2.05) is 66.7 Å². The summed E-state index contributed by atoms with van der Waals surface area (Å²) in [5.74, 6) is -0.962. The van der Waals surface area contributed by atoms with Crippen LogP contribution in [0.2, 0.25) is 0 Å². The van der Waals surface area contributed by atoms with Gasteiger partial charge in [0.25, 0.3) is 0 Å². The van der Waals surface area contributed by atoms with Crippen LogP contribution in [0.5, 0.6) is 0 Å². The number of nitrogens with zero attached hydrogens (tertiary/aromatic N) is 1. The molecule has 4 rings (SSSR count). The van der Waals surface area contributed by atoms with Crippen LogP contribution in [0.25, 0.3) is 27.9 Å². The normalized spacial score (nSPS) is 11.2. The van der Waals surface area contributed by atoms with Crippen LogP contribution in [0.4, 0.5) is 11.4 Å². The average Bonchev–Trinajstić information content (AvgIpc) is 2.71. The second kappa shape index (κ2) is 9.04. The largest absolute Gasteiger partial charge is 0.478 e. The molecule has 0 saturated heterocycles. The first-order valence-electron chi connectivity index (χ1n) is 8.93. The number of fused-ring (bicyclic) bond motifs is 2. The summed E-state index contributed by atoms with van der Waals surface area (Å²) in [6, 6.07) is 24.1. The van der Waals surface area contributed by atoms with E-state index in [0.717, 1.165) is 44.8 Å². The molecule has 0 fully saturated rings. The average molecular weight is 403 g/mol. The van der Waals surface area contributed by atoms with Crippen LogP contribution in [-0.2, 0) is 4.79 Å². The first-order valence-corrected chi connectivity index (χ1v) is 8.93. The third-order valence-corrected chi connectivity index (χ3v) is 4.38. The number of nitrogens with one attached hydrogen (secondary N) is 1. The predicted octanol–water partition coefficient (Wildman–Crippen LogP) is 6.21. The molecule has 1 heterocycles. The van der Waals surface area contributed by atoms with Crippen molar-refractivity contribution in [1.29, 1.82) is 0 Å². The van der Waals surface area contributed by atoms with Gasteiger partial charge < -0.3 is 10.4 Å². The Morgan fingerprint density at radius 2 is 1.52 bits per heavy atom. The zero-order chi connectivity index (χ0) is 19.3. The standard InChI is InChI=1S/C24H18N2O2.ClH/c27-23(28)15-6-1-8-17-9-7-10-18(16-17)25-24-19-11-2-4-13-21(19)26-22-14-5-3-12-20(22)24;/h1-16H,(H,25,26)(H,27,28);1H/b8-1-,15-6+;. The Balaban J connectivity index is 0.00000240. The van der Waals surface area contributed by atoms with Crippen LogP contribution in [0.3, 0.4) is 0 Å². The van der Waals surface area contributed by atoms with Crippen LogP contribution in [0.1, 0.15) is 5.56 Å². The summed E-state index contributed by atoms with van der Waals surface area (Å²) in [5, 5.41) is 14.3. The number of benzene rings is 3. The van der Waals surface area contributed by atoms with E-state index in [9.17, 15) is 4.79 Å². The van der Waals surface area contributed by atoms with Gasteiger partial charge in [-0.2, -0.15) is 0 Å². The fourth-order valence-corrected chi connectivity index (χ4v) is 3.14. The molecular weight excluding hydrogens is 384 g/mol. The van der Waals surface area contributed by atoms with E-state index in [-0.39, 0.29) is 12.4 Å². The zero-order valence-electron chi connectivity index (χ0n) is 15.4. The van der Waals surface area contributed by atoms with E-state index < -0.39 is 5.97 Å². The molecule has 0 radical (unpaired) electrons. The number of aromatic nitrogens is 1. The Labute approximate surface area is 174 Å². The van der Waals surface area contributed by atoms with E-state index in [2.05, 4.69) is 17.4 Å².